The Morgan fingerprint density at radius 2 is 2.67 bits per heavy atom. The second kappa shape index (κ2) is 1.21. The number of rotatable bonds is 0. The summed E-state index contributed by atoms with van der Waals surface area (Å²) in [5.74, 6) is 0. The van der Waals surface area contributed by atoms with Gasteiger partial charge in [-0.25, -0.2) is 0 Å². The molecule has 0 bridgehead atoms. The Bertz CT molecular complexity index is 112. The number of aromatic amines is 1. The van der Waals surface area contributed by atoms with Crippen LogP contribution in [0.5, 0.6) is 0 Å². The molecule has 0 radical (unpaired) electrons. The third-order valence-corrected chi connectivity index (χ3v) is 1.03. The Balaban J connectivity index is 3.05. The third kappa shape index (κ3) is 0.461. The minimum absolute atomic E-state index is 0.991. The smallest absolute Gasteiger partial charge is 0.0669 e. The molecule has 0 aliphatic heterocycles. The van der Waals surface area contributed by atoms with E-state index in [0.29, 0.717) is 0 Å². The van der Waals surface area contributed by atoms with Gasteiger partial charge in [0, 0.05) is 6.20 Å². The van der Waals surface area contributed by atoms with E-state index in [0.717, 1.165) is 15.6 Å². The molecule has 4 heteroatoms. The molecule has 32 valence electrons. The molecule has 1 aromatic rings. The third-order valence-electron chi connectivity index (χ3n) is 0.539. The number of nitrogens with one attached hydrogen (secondary N) is 1. The molecule has 1 rings (SSSR count). The van der Waals surface area contributed by atoms with Gasteiger partial charge in [0.1, 0.15) is 0 Å². The van der Waals surface area contributed by atoms with E-state index in [1.54, 1.807) is 6.20 Å². The van der Waals surface area contributed by atoms with Crippen LogP contribution in [0.25, 0.3) is 0 Å². The zero-order valence-corrected chi connectivity index (χ0v) is 5.47. The van der Waals surface area contributed by atoms with Gasteiger partial charge >= 0.3 is 0 Å². The first kappa shape index (κ1) is 3.54. The lowest BCUT2D eigenvalue weighted by Gasteiger charge is -1.61. The van der Waals surface area contributed by atoms with Gasteiger partial charge in [0.15, 0.2) is 0 Å². The van der Waals surface area contributed by atoms with Gasteiger partial charge in [0.05, 0.1) is 15.6 Å². The van der Waals surface area contributed by atoms with Crippen LogP contribution in [0.1, 0.15) is 0 Å². The first-order valence-corrected chi connectivity index (χ1v) is 2.72. The van der Waals surface area contributed by atoms with Crippen LogP contribution in [0.15, 0.2) is 6.20 Å². The van der Waals surface area contributed by atoms with Crippen molar-refractivity contribution in [3.63, 3.8) is 0 Å². The van der Waals surface area contributed by atoms with Gasteiger partial charge in [0.2, 0.25) is 0 Å². The molecule has 0 saturated heterocycles. The number of hydrogen-bond donors (Lipinski definition) is 1. The van der Waals surface area contributed by atoms with Crippen LogP contribution in [0.4, 0.5) is 0 Å². The van der Waals surface area contributed by atoms with E-state index in [4.69, 9.17) is 0 Å². The fourth-order valence-electron chi connectivity index (χ4n) is 0.259. The Hall–Kier alpha value is -0.643. The summed E-state index contributed by atoms with van der Waals surface area (Å²) in [5.41, 5.74) is 0. The molecule has 0 unspecified atom stereocenters. The second-order valence-electron chi connectivity index (χ2n) is 1.11. The SMILES string of the molecule is [SiH3]c1c[nH]nn1. The fourth-order valence-corrected chi connectivity index (χ4v) is 0.488. The van der Waals surface area contributed by atoms with Crippen LogP contribution >= 0.6 is 0 Å². The normalized spacial score (nSPS) is 9.33. The lowest BCUT2D eigenvalue weighted by atomic mass is 10.9. The maximum absolute atomic E-state index is 3.67. The van der Waals surface area contributed by atoms with Gasteiger partial charge in [-0.05, 0) is 0 Å². The zero-order chi connectivity index (χ0) is 4.41. The fraction of sp³-hybridized carbons (Fsp3) is 0. The Labute approximate surface area is 38.2 Å². The lowest BCUT2D eigenvalue weighted by molar-refractivity contribution is 0.946. The maximum Gasteiger partial charge on any atom is 0.0669 e. The molecule has 0 saturated carbocycles. The van der Waals surface area contributed by atoms with E-state index >= 15 is 0 Å². The molecule has 3 nitrogen and oxygen atoms in total. The number of H-pyrrole nitrogens is 1. The molecule has 1 heterocycles. The van der Waals surface area contributed by atoms with Crippen LogP contribution in [0, 0.1) is 0 Å². The molecule has 1 N–H and O–H groups in total. The molecule has 0 aliphatic rings. The van der Waals surface area contributed by atoms with Crippen LogP contribution in [-0.2, 0) is 0 Å². The standard InChI is InChI=1S/C2H5N3Si/c6-2-1-3-5-4-2/h1H,6H3,(H,3,4,5). The summed E-state index contributed by atoms with van der Waals surface area (Å²) >= 11 is 0. The molecular weight excluding hydrogens is 94.1 g/mol. The molecular formula is C2H5N3Si. The van der Waals surface area contributed by atoms with Crippen molar-refractivity contribution in [2.45, 2.75) is 0 Å². The predicted octanol–water partition coefficient (Wildman–Crippen LogP) is -2.20. The molecule has 0 amide bonds. The van der Waals surface area contributed by atoms with Gasteiger partial charge in [-0.1, -0.05) is 5.21 Å². The first-order valence-electron chi connectivity index (χ1n) is 1.72. The zero-order valence-electron chi connectivity index (χ0n) is 3.47. The van der Waals surface area contributed by atoms with E-state index in [2.05, 4.69) is 15.4 Å². The van der Waals surface area contributed by atoms with Crippen molar-refractivity contribution in [1.82, 2.24) is 15.4 Å². The minimum Gasteiger partial charge on any atom is -0.266 e. The highest BCUT2D eigenvalue weighted by Gasteiger charge is 1.76. The summed E-state index contributed by atoms with van der Waals surface area (Å²) in [6.07, 6.45) is 1.80. The summed E-state index contributed by atoms with van der Waals surface area (Å²) in [5, 5.41) is 10.8. The monoisotopic (exact) mass is 99.0 g/mol. The van der Waals surface area contributed by atoms with Gasteiger partial charge in [-0.15, -0.1) is 5.10 Å². The summed E-state index contributed by atoms with van der Waals surface area (Å²) < 4.78 is 0. The van der Waals surface area contributed by atoms with Crippen molar-refractivity contribution in [3.05, 3.63) is 6.20 Å². The molecule has 0 atom stereocenters. The first-order chi connectivity index (χ1) is 2.89. The van der Waals surface area contributed by atoms with Crippen molar-refractivity contribution >= 4 is 15.6 Å². The summed E-state index contributed by atoms with van der Waals surface area (Å²) in [7, 11) is 0.991. The van der Waals surface area contributed by atoms with E-state index in [1.807, 2.05) is 0 Å². The molecule has 6 heavy (non-hydrogen) atoms. The largest absolute Gasteiger partial charge is 0.266 e. The quantitative estimate of drug-likeness (QED) is 0.375. The number of nitrogens with zero attached hydrogens (tertiary/aromatic N) is 2. The van der Waals surface area contributed by atoms with Crippen molar-refractivity contribution < 1.29 is 0 Å². The van der Waals surface area contributed by atoms with Gasteiger partial charge in [-0.2, -0.15) is 0 Å². The average Bonchev–Trinajstić information content (AvgIpc) is 1.86. The maximum atomic E-state index is 3.67. The van der Waals surface area contributed by atoms with E-state index in [9.17, 15) is 0 Å². The average molecular weight is 99.2 g/mol. The van der Waals surface area contributed by atoms with Crippen molar-refractivity contribution in [1.29, 1.82) is 0 Å². The Morgan fingerprint density at radius 1 is 1.83 bits per heavy atom. The highest BCUT2D eigenvalue weighted by molar-refractivity contribution is 6.30. The van der Waals surface area contributed by atoms with Gasteiger partial charge in [-0.3, -0.25) is 5.10 Å². The predicted molar refractivity (Wildman–Crippen MR) is 26.0 cm³/mol. The molecule has 0 aliphatic carbocycles. The van der Waals surface area contributed by atoms with Crippen LogP contribution < -0.4 is 5.32 Å². The highest BCUT2D eigenvalue weighted by atomic mass is 28.1. The Kier molecular flexibility index (Phi) is 0.718. The van der Waals surface area contributed by atoms with Gasteiger partial charge < -0.3 is 0 Å². The molecule has 1 aromatic heterocycles. The minimum atomic E-state index is 0.991. The summed E-state index contributed by atoms with van der Waals surface area (Å²) in [6.45, 7) is 0. The highest BCUT2D eigenvalue weighted by Crippen LogP contribution is 1.50. The van der Waals surface area contributed by atoms with Crippen LogP contribution in [0.3, 0.4) is 0 Å². The van der Waals surface area contributed by atoms with Gasteiger partial charge in [0.25, 0.3) is 0 Å². The van der Waals surface area contributed by atoms with E-state index in [-0.39, 0.29) is 0 Å². The van der Waals surface area contributed by atoms with E-state index < -0.39 is 0 Å². The second-order valence-corrected chi connectivity index (χ2v) is 2.14. The van der Waals surface area contributed by atoms with E-state index in [1.165, 1.54) is 0 Å². The topological polar surface area (TPSA) is 41.6 Å². The van der Waals surface area contributed by atoms with Crippen molar-refractivity contribution in [2.75, 3.05) is 0 Å². The summed E-state index contributed by atoms with van der Waals surface area (Å²) in [6, 6.07) is 0. The molecule has 0 fully saturated rings. The van der Waals surface area contributed by atoms with Crippen molar-refractivity contribution in [2.24, 2.45) is 0 Å². The molecule has 0 aromatic carbocycles. The number of hydrogen-bond acceptors (Lipinski definition) is 2. The Morgan fingerprint density at radius 3 is 2.83 bits per heavy atom. The van der Waals surface area contributed by atoms with Crippen LogP contribution in [-0.4, -0.2) is 25.7 Å². The lowest BCUT2D eigenvalue weighted by Crippen LogP contribution is -2.00. The molecule has 0 spiro atoms. The number of aromatic nitrogens is 3. The van der Waals surface area contributed by atoms with Crippen LogP contribution in [0.2, 0.25) is 0 Å². The van der Waals surface area contributed by atoms with Crippen molar-refractivity contribution in [3.8, 4) is 0 Å². The summed E-state index contributed by atoms with van der Waals surface area (Å²) in [4.78, 5) is 0.